The fourth-order valence-electron chi connectivity index (χ4n) is 2.23. The summed E-state index contributed by atoms with van der Waals surface area (Å²) in [5, 5.41) is 0.884. The number of nitrogens with two attached hydrogens (primary N) is 1. The highest BCUT2D eigenvalue weighted by Crippen LogP contribution is 2.28. The third-order valence-corrected chi connectivity index (χ3v) is 3.24. The molecule has 0 spiro atoms. The first-order valence-electron chi connectivity index (χ1n) is 6.56. The van der Waals surface area contributed by atoms with Crippen LogP contribution in [0.1, 0.15) is 0 Å². The first-order chi connectivity index (χ1) is 10.1. The van der Waals surface area contributed by atoms with Crippen molar-refractivity contribution in [1.82, 2.24) is 9.97 Å². The van der Waals surface area contributed by atoms with Crippen LogP contribution in [0.15, 0.2) is 42.5 Å². The molecule has 0 unspecified atom stereocenters. The van der Waals surface area contributed by atoms with Gasteiger partial charge in [0.25, 0.3) is 0 Å². The Morgan fingerprint density at radius 2 is 1.81 bits per heavy atom. The van der Waals surface area contributed by atoms with Crippen LogP contribution in [0, 0.1) is 5.82 Å². The molecule has 3 rings (SSSR count). The molecule has 1 aromatic heterocycles. The highest BCUT2D eigenvalue weighted by atomic mass is 19.1. The van der Waals surface area contributed by atoms with Gasteiger partial charge in [-0.2, -0.15) is 0 Å². The van der Waals surface area contributed by atoms with Gasteiger partial charge < -0.3 is 10.6 Å². The Balaban J connectivity index is 2.32. The molecule has 21 heavy (non-hydrogen) atoms. The van der Waals surface area contributed by atoms with Gasteiger partial charge in [0.15, 0.2) is 5.82 Å². The topological polar surface area (TPSA) is 55.0 Å². The van der Waals surface area contributed by atoms with Gasteiger partial charge in [-0.15, -0.1) is 0 Å². The molecule has 0 saturated heterocycles. The van der Waals surface area contributed by atoms with Gasteiger partial charge in [-0.25, -0.2) is 14.4 Å². The second kappa shape index (κ2) is 5.01. The summed E-state index contributed by atoms with van der Waals surface area (Å²) in [6.45, 7) is 0. The molecule has 0 bridgehead atoms. The molecule has 5 heteroatoms. The van der Waals surface area contributed by atoms with Crippen LogP contribution in [0.3, 0.4) is 0 Å². The van der Waals surface area contributed by atoms with Crippen molar-refractivity contribution in [3.05, 3.63) is 48.3 Å². The predicted molar refractivity (Wildman–Crippen MR) is 83.7 cm³/mol. The Bertz CT molecular complexity index is 814. The van der Waals surface area contributed by atoms with Crippen LogP contribution < -0.4 is 10.6 Å². The molecule has 0 aliphatic rings. The molecule has 106 valence electrons. The first kappa shape index (κ1) is 13.3. The fraction of sp³-hybridized carbons (Fsp3) is 0.125. The van der Waals surface area contributed by atoms with Crippen molar-refractivity contribution in [1.29, 1.82) is 0 Å². The highest BCUT2D eigenvalue weighted by Gasteiger charge is 2.13. The van der Waals surface area contributed by atoms with Crippen molar-refractivity contribution in [2.75, 3.05) is 24.7 Å². The molecule has 3 aromatic rings. The molecule has 0 aliphatic heterocycles. The van der Waals surface area contributed by atoms with Gasteiger partial charge in [0, 0.05) is 25.2 Å². The Kier molecular flexibility index (Phi) is 3.17. The summed E-state index contributed by atoms with van der Waals surface area (Å²) in [4.78, 5) is 10.8. The lowest BCUT2D eigenvalue weighted by Crippen LogP contribution is -2.12. The van der Waals surface area contributed by atoms with E-state index >= 15 is 0 Å². The maximum atomic E-state index is 14.0. The Labute approximate surface area is 122 Å². The maximum Gasteiger partial charge on any atom is 0.165 e. The zero-order valence-electron chi connectivity index (χ0n) is 11.8. The highest BCUT2D eigenvalue weighted by molar-refractivity contribution is 5.92. The number of hydrogen-bond acceptors (Lipinski definition) is 4. The number of halogens is 1. The number of fused-ring (bicyclic) bond motifs is 1. The summed E-state index contributed by atoms with van der Waals surface area (Å²) in [5.41, 5.74) is 7.52. The number of hydrogen-bond donors (Lipinski definition) is 1. The van der Waals surface area contributed by atoms with Gasteiger partial charge in [0.1, 0.15) is 11.6 Å². The van der Waals surface area contributed by atoms with E-state index in [2.05, 4.69) is 9.97 Å². The van der Waals surface area contributed by atoms with E-state index in [1.807, 2.05) is 31.1 Å². The number of nitrogens with zero attached hydrogens (tertiary/aromatic N) is 3. The van der Waals surface area contributed by atoms with Crippen LogP contribution in [0.25, 0.3) is 22.3 Å². The summed E-state index contributed by atoms with van der Waals surface area (Å²) in [6.07, 6.45) is 0. The normalized spacial score (nSPS) is 10.8. The molecule has 1 heterocycles. The molecule has 0 saturated carbocycles. The van der Waals surface area contributed by atoms with Gasteiger partial charge in [-0.1, -0.05) is 12.1 Å². The summed E-state index contributed by atoms with van der Waals surface area (Å²) in [5.74, 6) is 0.749. The van der Waals surface area contributed by atoms with E-state index in [1.54, 1.807) is 24.3 Å². The van der Waals surface area contributed by atoms with E-state index in [9.17, 15) is 4.39 Å². The molecule has 0 radical (unpaired) electrons. The van der Waals surface area contributed by atoms with E-state index in [4.69, 9.17) is 5.73 Å². The number of aromatic nitrogens is 2. The summed E-state index contributed by atoms with van der Waals surface area (Å²) in [6, 6.07) is 11.9. The summed E-state index contributed by atoms with van der Waals surface area (Å²) in [7, 11) is 3.78. The van der Waals surface area contributed by atoms with Crippen LogP contribution in [-0.2, 0) is 0 Å². The smallest absolute Gasteiger partial charge is 0.165 e. The summed E-state index contributed by atoms with van der Waals surface area (Å²) < 4.78 is 14.0. The largest absolute Gasteiger partial charge is 0.399 e. The van der Waals surface area contributed by atoms with E-state index in [0.29, 0.717) is 22.6 Å². The van der Waals surface area contributed by atoms with Gasteiger partial charge in [-0.05, 0) is 30.3 Å². The van der Waals surface area contributed by atoms with Crippen LogP contribution in [-0.4, -0.2) is 24.1 Å². The van der Waals surface area contributed by atoms with Crippen molar-refractivity contribution in [3.63, 3.8) is 0 Å². The Morgan fingerprint density at radius 1 is 1.05 bits per heavy atom. The molecule has 0 amide bonds. The van der Waals surface area contributed by atoms with Crippen molar-refractivity contribution in [2.45, 2.75) is 0 Å². The molecule has 2 aromatic carbocycles. The number of rotatable bonds is 2. The SMILES string of the molecule is CN(C)c1nc(-c2ccccc2F)nc2cc(N)ccc12. The van der Waals surface area contributed by atoms with Crippen LogP contribution in [0.5, 0.6) is 0 Å². The van der Waals surface area contributed by atoms with Gasteiger partial charge in [0.2, 0.25) is 0 Å². The van der Waals surface area contributed by atoms with Crippen LogP contribution in [0.4, 0.5) is 15.9 Å². The van der Waals surface area contributed by atoms with Crippen LogP contribution >= 0.6 is 0 Å². The number of benzene rings is 2. The first-order valence-corrected chi connectivity index (χ1v) is 6.56. The fourth-order valence-corrected chi connectivity index (χ4v) is 2.23. The van der Waals surface area contributed by atoms with Crippen molar-refractivity contribution >= 4 is 22.4 Å². The second-order valence-corrected chi connectivity index (χ2v) is 5.02. The molecular weight excluding hydrogens is 267 g/mol. The third-order valence-electron chi connectivity index (χ3n) is 3.24. The average molecular weight is 282 g/mol. The van der Waals surface area contributed by atoms with E-state index in [1.165, 1.54) is 6.07 Å². The number of nitrogen functional groups attached to an aromatic ring is 1. The van der Waals surface area contributed by atoms with Crippen molar-refractivity contribution < 1.29 is 4.39 Å². The zero-order valence-corrected chi connectivity index (χ0v) is 11.8. The molecular formula is C16H15FN4. The standard InChI is InChI=1S/C16H15FN4/c1-21(2)16-12-8-7-10(18)9-14(12)19-15(20-16)11-5-3-4-6-13(11)17/h3-9H,18H2,1-2H3. The third kappa shape index (κ3) is 2.38. The molecule has 0 fully saturated rings. The minimum absolute atomic E-state index is 0.342. The van der Waals surface area contributed by atoms with E-state index in [0.717, 1.165) is 11.2 Å². The van der Waals surface area contributed by atoms with Gasteiger partial charge >= 0.3 is 0 Å². The van der Waals surface area contributed by atoms with Crippen LogP contribution in [0.2, 0.25) is 0 Å². The Morgan fingerprint density at radius 3 is 2.52 bits per heavy atom. The predicted octanol–water partition coefficient (Wildman–Crippen LogP) is 3.08. The summed E-state index contributed by atoms with van der Waals surface area (Å²) >= 11 is 0. The molecule has 2 N–H and O–H groups in total. The molecule has 4 nitrogen and oxygen atoms in total. The van der Waals surface area contributed by atoms with Crippen molar-refractivity contribution in [3.8, 4) is 11.4 Å². The quantitative estimate of drug-likeness (QED) is 0.734. The van der Waals surface area contributed by atoms with Crippen molar-refractivity contribution in [2.24, 2.45) is 0 Å². The lowest BCUT2D eigenvalue weighted by atomic mass is 10.1. The van der Waals surface area contributed by atoms with Gasteiger partial charge in [-0.3, -0.25) is 0 Å². The van der Waals surface area contributed by atoms with E-state index < -0.39 is 0 Å². The van der Waals surface area contributed by atoms with Gasteiger partial charge in [0.05, 0.1) is 11.1 Å². The minimum Gasteiger partial charge on any atom is -0.399 e. The zero-order chi connectivity index (χ0) is 15.0. The lowest BCUT2D eigenvalue weighted by Gasteiger charge is -2.16. The minimum atomic E-state index is -0.342. The average Bonchev–Trinajstić information content (AvgIpc) is 2.46. The van der Waals surface area contributed by atoms with E-state index in [-0.39, 0.29) is 5.82 Å². The number of anilines is 2. The maximum absolute atomic E-state index is 14.0. The lowest BCUT2D eigenvalue weighted by molar-refractivity contribution is 0.630. The molecule has 0 atom stereocenters. The monoisotopic (exact) mass is 282 g/mol. The molecule has 0 aliphatic carbocycles. The second-order valence-electron chi connectivity index (χ2n) is 5.02. The Hall–Kier alpha value is -2.69.